The van der Waals surface area contributed by atoms with Gasteiger partial charge in [0.1, 0.15) is 28.8 Å². The van der Waals surface area contributed by atoms with E-state index in [2.05, 4.69) is 52.2 Å². The minimum Gasteiger partial charge on any atom is -0.493 e. The number of carbonyl (C=O) groups is 2. The van der Waals surface area contributed by atoms with Gasteiger partial charge < -0.3 is 36.5 Å². The first-order valence-corrected chi connectivity index (χ1v) is 29.1. The fourth-order valence-electron chi connectivity index (χ4n) is 9.76. The van der Waals surface area contributed by atoms with E-state index < -0.39 is 21.4 Å². The second-order valence-electron chi connectivity index (χ2n) is 19.1. The van der Waals surface area contributed by atoms with Crippen LogP contribution in [-0.4, -0.2) is 137 Å². The monoisotopic (exact) mass is 1100 g/mol. The number of halogens is 2. The predicted octanol–water partition coefficient (Wildman–Crippen LogP) is 5.66. The number of nitrogens with zero attached hydrogens (tertiary/aromatic N) is 9. The molecule has 74 heavy (non-hydrogen) atoms. The summed E-state index contributed by atoms with van der Waals surface area (Å²) >= 11 is 3.90. The largest absolute Gasteiger partial charge is 0.493 e. The first kappa shape index (κ1) is 54.8. The van der Waals surface area contributed by atoms with Crippen LogP contribution in [0.2, 0.25) is 0 Å². The van der Waals surface area contributed by atoms with Gasteiger partial charge in [-0.3, -0.25) is 9.36 Å². The molecule has 4 saturated heterocycles. The molecule has 9 rings (SSSR count). The summed E-state index contributed by atoms with van der Waals surface area (Å²) in [6, 6.07) is 12.9. The molecule has 4 aliphatic rings. The maximum absolute atomic E-state index is 14.1. The van der Waals surface area contributed by atoms with Gasteiger partial charge in [0.05, 0.1) is 66.4 Å². The van der Waals surface area contributed by atoms with E-state index in [1.165, 1.54) is 12.1 Å². The lowest BCUT2D eigenvalue weighted by atomic mass is 10.0. The molecule has 4 amide bonds. The van der Waals surface area contributed by atoms with Crippen LogP contribution >= 0.6 is 35.9 Å². The molecule has 6 atom stereocenters. The molecule has 25 heteroatoms. The molecule has 0 unspecified atom stereocenters. The molecule has 6 N–H and O–H groups in total. The number of carbonyl (C=O) groups excluding carboxylic acids is 2. The van der Waals surface area contributed by atoms with Crippen molar-refractivity contribution in [2.45, 2.75) is 136 Å². The van der Waals surface area contributed by atoms with Gasteiger partial charge in [0, 0.05) is 65.7 Å². The second kappa shape index (κ2) is 26.4. The van der Waals surface area contributed by atoms with Crippen LogP contribution in [0.15, 0.2) is 77.9 Å². The first-order chi connectivity index (χ1) is 35.5. The molecule has 7 heterocycles. The summed E-state index contributed by atoms with van der Waals surface area (Å²) in [4.78, 5) is 23.4. The number of sulfone groups is 1. The molecule has 4 aliphatic heterocycles. The smallest absolute Gasteiger partial charge is 0.315 e. The van der Waals surface area contributed by atoms with Crippen molar-refractivity contribution in [3.63, 3.8) is 0 Å². The first-order valence-electron chi connectivity index (χ1n) is 25.4. The Bertz CT molecular complexity index is 2680. The number of ether oxygens (including phenoxy) is 2. The normalized spacial score (nSPS) is 21.1. The van der Waals surface area contributed by atoms with E-state index in [9.17, 15) is 22.4 Å². The van der Waals surface area contributed by atoms with E-state index in [0.717, 1.165) is 99.0 Å². The summed E-state index contributed by atoms with van der Waals surface area (Å²) in [5.41, 5.74) is 9.12. The average molecular weight is 1100 g/mol. The summed E-state index contributed by atoms with van der Waals surface area (Å²) in [5, 5.41) is 39.4. The number of nitrogens with one attached hydrogen (secondary N) is 4. The van der Waals surface area contributed by atoms with Crippen molar-refractivity contribution in [2.75, 3.05) is 37.0 Å². The molecule has 2 aromatic carbocycles. The van der Waals surface area contributed by atoms with Gasteiger partial charge in [-0.05, 0) is 87.3 Å². The lowest BCUT2D eigenvalue weighted by Crippen LogP contribution is -2.36. The maximum Gasteiger partial charge on any atom is 0.315 e. The third-order valence-electron chi connectivity index (χ3n) is 13.5. The zero-order valence-corrected chi connectivity index (χ0v) is 44.5. The SMILES string of the molecule is Cl.NC/C=C(\F)CS(=O)(=O)c1cccc(Cn2cc(-c3cc(OCCCc4cn(CCCCC[C@@H]5SC[C@@H]6NC(=O)N[C@@H]65)nn4)cc(OCCCc4cn(CCCCC[C@@H]5SC[C@@H]6NC(=O)N[C@@H]65)nn4)c3)nn2)c1. The van der Waals surface area contributed by atoms with Crippen LogP contribution in [0.4, 0.5) is 14.0 Å². The van der Waals surface area contributed by atoms with E-state index in [-0.39, 0.29) is 66.6 Å². The van der Waals surface area contributed by atoms with Crippen LogP contribution < -0.4 is 36.5 Å². The highest BCUT2D eigenvalue weighted by molar-refractivity contribution is 8.00. The third-order valence-corrected chi connectivity index (χ3v) is 18.1. The number of urea groups is 2. The highest BCUT2D eigenvalue weighted by atomic mass is 35.5. The standard InChI is InChI=1S/C49H65FN14O6S3.ClH/c50-35(16-17-51)32-73(67,68)40-13-7-10-33(22-40)26-64-29-41(58-61-64)34-23-38(69-20-8-11-36-27-62(59-56-36)18-5-1-3-14-44-46-42(30-71-44)52-48(65)54-46)25-39(24-34)70-21-9-12-37-28-63(60-57-37)19-6-2-4-15-45-47-43(31-72-45)53-49(66)55-47;/h7,10,13,16,22-25,27-29,42-47H,1-6,8-9,11-12,14-15,17-21,26,30-32,51H2,(H2,52,54,65)(H2,53,55,66);1H/b35-16-;/t42-,43-,44-,45-,46-,47-;/m0./s1. The number of hydrogen-bond acceptors (Lipinski definition) is 15. The molecule has 0 aliphatic carbocycles. The van der Waals surface area contributed by atoms with Crippen molar-refractivity contribution in [3.8, 4) is 22.8 Å². The fourth-order valence-corrected chi connectivity index (χ4v) is 14.1. The van der Waals surface area contributed by atoms with Crippen LogP contribution in [0.3, 0.4) is 0 Å². The molecule has 20 nitrogen and oxygen atoms in total. The Kier molecular flexibility index (Phi) is 19.5. The van der Waals surface area contributed by atoms with E-state index in [1.54, 1.807) is 23.0 Å². The third kappa shape index (κ3) is 15.1. The zero-order valence-electron chi connectivity index (χ0n) is 41.2. The van der Waals surface area contributed by atoms with Crippen molar-refractivity contribution >= 4 is 57.8 Å². The van der Waals surface area contributed by atoms with E-state index in [4.69, 9.17) is 15.2 Å². The average Bonchev–Trinajstić information content (AvgIpc) is 4.25. The Hall–Kier alpha value is -5.43. The Morgan fingerprint density at radius 1 is 0.716 bits per heavy atom. The van der Waals surface area contributed by atoms with Crippen molar-refractivity contribution < 1.29 is 31.9 Å². The maximum atomic E-state index is 14.1. The van der Waals surface area contributed by atoms with Gasteiger partial charge in [0.25, 0.3) is 0 Å². The number of rotatable bonds is 29. The van der Waals surface area contributed by atoms with Gasteiger partial charge >= 0.3 is 12.1 Å². The summed E-state index contributed by atoms with van der Waals surface area (Å²) in [6.45, 7) is 2.61. The topological polar surface area (TPSA) is 253 Å². The number of thioether (sulfide) groups is 2. The lowest BCUT2D eigenvalue weighted by molar-refractivity contribution is 0.246. The number of benzene rings is 2. The molecule has 0 bridgehead atoms. The molecule has 3 aromatic heterocycles. The van der Waals surface area contributed by atoms with Crippen LogP contribution in [0, 0.1) is 0 Å². The zero-order chi connectivity index (χ0) is 50.6. The molecule has 0 saturated carbocycles. The van der Waals surface area contributed by atoms with E-state index >= 15 is 0 Å². The predicted molar refractivity (Wildman–Crippen MR) is 284 cm³/mol. The van der Waals surface area contributed by atoms with Crippen LogP contribution in [0.5, 0.6) is 11.5 Å². The van der Waals surface area contributed by atoms with Crippen LogP contribution in [0.25, 0.3) is 11.3 Å². The van der Waals surface area contributed by atoms with Gasteiger partial charge in [-0.15, -0.1) is 27.7 Å². The quantitative estimate of drug-likeness (QED) is 0.0286. The molecule has 0 spiro atoms. The summed E-state index contributed by atoms with van der Waals surface area (Å²) in [7, 11) is -3.92. The number of unbranched alkanes of at least 4 members (excludes halogenated alkanes) is 4. The summed E-state index contributed by atoms with van der Waals surface area (Å²) < 4.78 is 58.0. The van der Waals surface area contributed by atoms with Gasteiger partial charge in [0.2, 0.25) is 0 Å². The summed E-state index contributed by atoms with van der Waals surface area (Å²) in [6.07, 6.45) is 18.3. The molecular weight excluding hydrogens is 1030 g/mol. The van der Waals surface area contributed by atoms with Gasteiger partial charge in [-0.25, -0.2) is 27.1 Å². The second-order valence-corrected chi connectivity index (χ2v) is 23.6. The van der Waals surface area contributed by atoms with Crippen molar-refractivity contribution in [2.24, 2.45) is 5.73 Å². The highest BCUT2D eigenvalue weighted by Gasteiger charge is 2.43. The van der Waals surface area contributed by atoms with Crippen molar-refractivity contribution in [1.82, 2.24) is 66.2 Å². The number of hydrogen-bond donors (Lipinski definition) is 5. The molecular formula is C49H66ClFN14O6S3. The van der Waals surface area contributed by atoms with Gasteiger partial charge in [-0.1, -0.05) is 53.5 Å². The minimum atomic E-state index is -3.92. The van der Waals surface area contributed by atoms with Crippen LogP contribution in [-0.2, 0) is 42.3 Å². The van der Waals surface area contributed by atoms with Gasteiger partial charge in [0.15, 0.2) is 9.84 Å². The van der Waals surface area contributed by atoms with Gasteiger partial charge in [-0.2, -0.15) is 23.5 Å². The number of aryl methyl sites for hydroxylation is 4. The molecule has 4 fully saturated rings. The molecule has 400 valence electrons. The van der Waals surface area contributed by atoms with E-state index in [0.29, 0.717) is 72.2 Å². The number of fused-ring (bicyclic) bond motifs is 2. The summed E-state index contributed by atoms with van der Waals surface area (Å²) in [5.74, 6) is 1.61. The van der Waals surface area contributed by atoms with Crippen molar-refractivity contribution in [1.29, 1.82) is 0 Å². The Morgan fingerprint density at radius 2 is 1.28 bits per heavy atom. The lowest BCUT2D eigenvalue weighted by Gasteiger charge is -2.16. The van der Waals surface area contributed by atoms with Crippen molar-refractivity contribution in [3.05, 3.63) is 89.9 Å². The highest BCUT2D eigenvalue weighted by Crippen LogP contribution is 2.35. The fraction of sp³-hybridized carbons (Fsp3) is 0.551. The molecule has 0 radical (unpaired) electrons. The Labute approximate surface area is 445 Å². The minimum absolute atomic E-state index is 0. The van der Waals surface area contributed by atoms with Crippen LogP contribution in [0.1, 0.15) is 81.2 Å². The van der Waals surface area contributed by atoms with E-state index in [1.807, 2.05) is 63.5 Å². The number of nitrogens with two attached hydrogens (primary N) is 1. The molecule has 5 aromatic rings. The number of amides is 4. The number of aromatic nitrogens is 9. The Morgan fingerprint density at radius 3 is 1.85 bits per heavy atom. The Balaban J connectivity index is 0.00000729.